The van der Waals surface area contributed by atoms with E-state index in [0.717, 1.165) is 29.8 Å². The van der Waals surface area contributed by atoms with Gasteiger partial charge in [0, 0.05) is 17.3 Å². The van der Waals surface area contributed by atoms with Crippen LogP contribution >= 0.6 is 23.2 Å². The van der Waals surface area contributed by atoms with Crippen molar-refractivity contribution in [1.29, 1.82) is 5.26 Å². The first kappa shape index (κ1) is 49.5. The van der Waals surface area contributed by atoms with E-state index in [0.29, 0.717) is 17.5 Å². The van der Waals surface area contributed by atoms with Crippen molar-refractivity contribution >= 4 is 47.2 Å². The van der Waals surface area contributed by atoms with Gasteiger partial charge in [0.15, 0.2) is 12.5 Å². The highest BCUT2D eigenvalue weighted by molar-refractivity contribution is 6.34. The Morgan fingerprint density at radius 2 is 1.48 bits per heavy atom. The van der Waals surface area contributed by atoms with Crippen molar-refractivity contribution in [2.24, 2.45) is 5.41 Å². The molecule has 0 radical (unpaired) electrons. The fourth-order valence-electron chi connectivity index (χ4n) is 6.29. The molecule has 1 amide bonds. The number of ether oxygens (including phenoxy) is 5. The van der Waals surface area contributed by atoms with Crippen LogP contribution in [0.4, 0.5) is 48.7 Å². The van der Waals surface area contributed by atoms with E-state index in [1.807, 2.05) is 6.07 Å². The third kappa shape index (κ3) is 10.7. The van der Waals surface area contributed by atoms with Gasteiger partial charge in [0.1, 0.15) is 30.0 Å². The van der Waals surface area contributed by atoms with Crippen molar-refractivity contribution in [3.05, 3.63) is 63.9 Å². The van der Waals surface area contributed by atoms with Crippen molar-refractivity contribution in [3.63, 3.8) is 0 Å². The van der Waals surface area contributed by atoms with Crippen LogP contribution in [0.3, 0.4) is 0 Å². The zero-order valence-corrected chi connectivity index (χ0v) is 34.9. The topological polar surface area (TPSA) is 159 Å². The number of benzene rings is 2. The van der Waals surface area contributed by atoms with E-state index in [1.165, 1.54) is 26.0 Å². The van der Waals surface area contributed by atoms with E-state index in [2.05, 4.69) is 9.84 Å². The molecule has 2 aliphatic rings. The predicted molar refractivity (Wildman–Crippen MR) is 199 cm³/mol. The van der Waals surface area contributed by atoms with Gasteiger partial charge in [-0.3, -0.25) is 19.3 Å². The molecule has 0 spiro atoms. The fourth-order valence-corrected chi connectivity index (χ4v) is 6.79. The van der Waals surface area contributed by atoms with Crippen LogP contribution in [0.15, 0.2) is 42.7 Å². The number of halogens is 12. The lowest BCUT2D eigenvalue weighted by atomic mass is 9.81. The molecule has 0 aliphatic heterocycles. The molecule has 0 N–H and O–H groups in total. The molecular weight excluding hydrogens is 929 g/mol. The van der Waals surface area contributed by atoms with E-state index < -0.39 is 113 Å². The minimum Gasteiger partial charge on any atom is -0.462 e. The maximum atomic E-state index is 14.9. The van der Waals surface area contributed by atoms with Gasteiger partial charge in [-0.2, -0.15) is 36.7 Å². The van der Waals surface area contributed by atoms with Crippen LogP contribution in [0.25, 0.3) is 16.8 Å². The Balaban J connectivity index is 1.29. The highest BCUT2D eigenvalue weighted by atomic mass is 35.5. The summed E-state index contributed by atoms with van der Waals surface area (Å²) in [4.78, 5) is 52.3. The molecule has 64 heavy (non-hydrogen) atoms. The van der Waals surface area contributed by atoms with Crippen LogP contribution in [-0.4, -0.2) is 88.5 Å². The Hall–Kier alpha value is -5.50. The van der Waals surface area contributed by atoms with Crippen molar-refractivity contribution in [3.8, 4) is 28.6 Å². The number of esters is 2. The summed E-state index contributed by atoms with van der Waals surface area (Å²) in [5.41, 5.74) is -13.3. The quantitative estimate of drug-likeness (QED) is 0.0469. The summed E-state index contributed by atoms with van der Waals surface area (Å²) < 4.78 is 161. The second kappa shape index (κ2) is 17.8. The van der Waals surface area contributed by atoms with Crippen molar-refractivity contribution < 1.29 is 86.8 Å². The molecule has 0 unspecified atom stereocenters. The average Bonchev–Trinajstić information content (AvgIpc) is 3.80. The third-order valence-electron chi connectivity index (χ3n) is 10.2. The van der Waals surface area contributed by atoms with Gasteiger partial charge in [0.05, 0.1) is 39.7 Å². The molecule has 13 nitrogen and oxygen atoms in total. The summed E-state index contributed by atoms with van der Waals surface area (Å²) >= 11 is 12.3. The van der Waals surface area contributed by atoms with E-state index >= 15 is 0 Å². The third-order valence-corrected chi connectivity index (χ3v) is 10.9. The number of nitriles is 1. The number of nitrogens with zero attached hydrogens (tertiary/aromatic N) is 4. The Kier molecular flexibility index (Phi) is 13.8. The lowest BCUT2D eigenvalue weighted by molar-refractivity contribution is -0.348. The molecule has 2 saturated carbocycles. The Morgan fingerprint density at radius 3 is 2.03 bits per heavy atom. The molecule has 0 atom stereocenters. The molecule has 2 fully saturated rings. The van der Waals surface area contributed by atoms with Gasteiger partial charge in [-0.25, -0.2) is 13.9 Å². The first-order valence-corrected chi connectivity index (χ1v) is 19.4. The van der Waals surface area contributed by atoms with Gasteiger partial charge in [-0.05, 0) is 82.7 Å². The van der Waals surface area contributed by atoms with Crippen molar-refractivity contribution in [1.82, 2.24) is 14.7 Å². The summed E-state index contributed by atoms with van der Waals surface area (Å²) in [7, 11) is 0. The molecule has 348 valence electrons. The van der Waals surface area contributed by atoms with Crippen molar-refractivity contribution in [2.45, 2.75) is 94.8 Å². The normalized spacial score (nSPS) is 15.8. The second-order valence-corrected chi connectivity index (χ2v) is 16.4. The maximum absolute atomic E-state index is 14.9. The minimum absolute atomic E-state index is 0.0199. The molecule has 1 heterocycles. The number of carbonyl (C=O) groups excluding carboxylic acids is 4. The van der Waals surface area contributed by atoms with Crippen LogP contribution in [0, 0.1) is 16.7 Å². The summed E-state index contributed by atoms with van der Waals surface area (Å²) in [6, 6.07) is 4.86. The van der Waals surface area contributed by atoms with E-state index in [-0.39, 0.29) is 47.0 Å². The van der Waals surface area contributed by atoms with Gasteiger partial charge in [-0.1, -0.05) is 29.3 Å². The zero-order chi connectivity index (χ0) is 47.8. The fraction of sp³-hybridized carbons (Fsp3) is 0.487. The van der Waals surface area contributed by atoms with Crippen LogP contribution in [-0.2, 0) is 34.2 Å². The minimum atomic E-state index is -6.71. The van der Waals surface area contributed by atoms with Crippen LogP contribution in [0.1, 0.15) is 75.2 Å². The lowest BCUT2D eigenvalue weighted by Crippen LogP contribution is -2.50. The summed E-state index contributed by atoms with van der Waals surface area (Å²) in [6.07, 6.45) is -16.4. The van der Waals surface area contributed by atoms with Gasteiger partial charge in [0.2, 0.25) is 0 Å². The zero-order valence-electron chi connectivity index (χ0n) is 33.4. The van der Waals surface area contributed by atoms with Crippen LogP contribution in [0.2, 0.25) is 10.0 Å². The second-order valence-electron chi connectivity index (χ2n) is 15.6. The molecule has 2 aromatic carbocycles. The first-order chi connectivity index (χ1) is 29.5. The van der Waals surface area contributed by atoms with Crippen LogP contribution in [0.5, 0.6) is 5.75 Å². The number of alkyl halides is 10. The van der Waals surface area contributed by atoms with Gasteiger partial charge in [0.25, 0.3) is 5.91 Å². The lowest BCUT2D eigenvalue weighted by Gasteiger charge is -2.39. The largest absolute Gasteiger partial charge is 0.573 e. The monoisotopic (exact) mass is 962 g/mol. The molecule has 5 rings (SSSR count). The van der Waals surface area contributed by atoms with Gasteiger partial charge in [-0.15, -0.1) is 13.2 Å². The first-order valence-electron chi connectivity index (χ1n) is 18.6. The number of amides is 1. The summed E-state index contributed by atoms with van der Waals surface area (Å²) in [6.45, 7) is 3.01. The predicted octanol–water partition coefficient (Wildman–Crippen LogP) is 10.1. The summed E-state index contributed by atoms with van der Waals surface area (Å²) in [5, 5.41) is 12.2. The molecule has 2 aliphatic carbocycles. The molecule has 3 aromatic rings. The van der Waals surface area contributed by atoms with E-state index in [1.54, 1.807) is 6.92 Å². The molecule has 0 bridgehead atoms. The number of carbonyl (C=O) groups is 4. The van der Waals surface area contributed by atoms with Crippen molar-refractivity contribution in [2.75, 3.05) is 19.9 Å². The van der Waals surface area contributed by atoms with Gasteiger partial charge >= 0.3 is 42.5 Å². The Labute approximate surface area is 366 Å². The Bertz CT molecular complexity index is 2320. The number of rotatable bonds is 15. The van der Waals surface area contributed by atoms with E-state index in [4.69, 9.17) is 42.1 Å². The molecule has 25 heteroatoms. The Morgan fingerprint density at radius 1 is 0.859 bits per heavy atom. The SMILES string of the molecule is CC1(OC(=O)C(C)(C)CC(=O)OCCOC(=O)OCN(C(=O)c2cc(-c3cnn(-c4c(Cl)cc(C(F)(C(F)(F)F)C(F)(F)F)cc4OC(F)(F)F)c3)ccc2Cl)C2(C#N)CC2)CCC1. The average molecular weight is 964 g/mol. The molecule has 1 aromatic heterocycles. The van der Waals surface area contributed by atoms with Crippen LogP contribution < -0.4 is 4.74 Å². The number of hydrogen-bond acceptors (Lipinski definition) is 11. The van der Waals surface area contributed by atoms with E-state index in [9.17, 15) is 68.3 Å². The standard InChI is InChI=1S/C39H34Cl2F10N4O9/c1-33(2,31(58)64-34(3)7-4-8-34)16-28(56)60-11-12-61-32(59)62-20-54(35(19-52)9-10-35)30(57)24-13-21(5-6-25(24)40)22-17-53-55(18-22)29-26(41)14-23(15-27(29)63-39(49,50)51)36(42,37(43,44)45)38(46,47)48/h5-6,13-15,17-18H,4,7-12,16,20H2,1-3H3. The highest BCUT2D eigenvalue weighted by Crippen LogP contribution is 2.55. The van der Waals surface area contributed by atoms with Gasteiger partial charge < -0.3 is 23.7 Å². The maximum Gasteiger partial charge on any atom is 0.573 e. The smallest absolute Gasteiger partial charge is 0.462 e. The highest BCUT2D eigenvalue weighted by Gasteiger charge is 2.73. The number of hydrogen-bond donors (Lipinski definition) is 0. The molecule has 0 saturated heterocycles. The number of aromatic nitrogens is 2. The molecular formula is C39H34Cl2F10N4O9. The summed E-state index contributed by atoms with van der Waals surface area (Å²) in [5.74, 6) is -4.14.